The van der Waals surface area contributed by atoms with Crippen LogP contribution in [0.1, 0.15) is 23.5 Å². The lowest BCUT2D eigenvalue weighted by molar-refractivity contribution is 0.895. The van der Waals surface area contributed by atoms with Crippen LogP contribution in [0, 0.1) is 6.92 Å². The van der Waals surface area contributed by atoms with E-state index in [4.69, 9.17) is 11.6 Å². The van der Waals surface area contributed by atoms with E-state index in [0.717, 1.165) is 30.5 Å². The summed E-state index contributed by atoms with van der Waals surface area (Å²) >= 11 is 6.22. The van der Waals surface area contributed by atoms with E-state index < -0.39 is 0 Å². The molecule has 0 unspecified atom stereocenters. The molecule has 0 saturated carbocycles. The lowest BCUT2D eigenvalue weighted by atomic mass is 10.3. The summed E-state index contributed by atoms with van der Waals surface area (Å²) in [5, 5.41) is 4.88. The molecule has 0 aliphatic heterocycles. The highest BCUT2D eigenvalue weighted by Crippen LogP contribution is 2.27. The topological polar surface area (TPSA) is 43.1 Å². The van der Waals surface area contributed by atoms with Gasteiger partial charge in [-0.1, -0.05) is 11.6 Å². The van der Waals surface area contributed by atoms with Crippen molar-refractivity contribution < 1.29 is 0 Å². The standard InChI is InChI=1S/C9H9ClN4/c1-5-11-9-12-7-4-2-3-6(7)8(10)14(9)13-5/h2-4H2,1H3. The van der Waals surface area contributed by atoms with Gasteiger partial charge in [-0.3, -0.25) is 0 Å². The van der Waals surface area contributed by atoms with E-state index in [-0.39, 0.29) is 0 Å². The van der Waals surface area contributed by atoms with Gasteiger partial charge in [0.05, 0.1) is 5.69 Å². The fourth-order valence-corrected chi connectivity index (χ4v) is 2.25. The van der Waals surface area contributed by atoms with Crippen molar-refractivity contribution in [3.63, 3.8) is 0 Å². The SMILES string of the molecule is Cc1nc2nc3c(c(Cl)n2n1)CCC3. The number of halogens is 1. The molecule has 0 radical (unpaired) electrons. The predicted molar refractivity (Wildman–Crippen MR) is 52.6 cm³/mol. The molecule has 0 N–H and O–H groups in total. The molecule has 0 aromatic carbocycles. The lowest BCUT2D eigenvalue weighted by Gasteiger charge is -2.01. The summed E-state index contributed by atoms with van der Waals surface area (Å²) in [5.41, 5.74) is 2.24. The first-order valence-electron chi connectivity index (χ1n) is 4.66. The summed E-state index contributed by atoms with van der Waals surface area (Å²) in [6, 6.07) is 0. The van der Waals surface area contributed by atoms with E-state index in [0.29, 0.717) is 16.8 Å². The zero-order valence-corrected chi connectivity index (χ0v) is 8.54. The van der Waals surface area contributed by atoms with Crippen molar-refractivity contribution in [3.05, 3.63) is 22.2 Å². The van der Waals surface area contributed by atoms with Crippen molar-refractivity contribution >= 4 is 17.4 Å². The quantitative estimate of drug-likeness (QED) is 0.618. The van der Waals surface area contributed by atoms with Gasteiger partial charge in [-0.15, -0.1) is 5.10 Å². The van der Waals surface area contributed by atoms with Crippen molar-refractivity contribution in [1.82, 2.24) is 19.6 Å². The van der Waals surface area contributed by atoms with E-state index >= 15 is 0 Å². The van der Waals surface area contributed by atoms with E-state index in [1.165, 1.54) is 0 Å². The van der Waals surface area contributed by atoms with Crippen LogP contribution in [0.2, 0.25) is 5.15 Å². The van der Waals surface area contributed by atoms with Crippen LogP contribution in [-0.4, -0.2) is 19.6 Å². The van der Waals surface area contributed by atoms with Gasteiger partial charge in [0, 0.05) is 5.56 Å². The number of aromatic nitrogens is 4. The lowest BCUT2D eigenvalue weighted by Crippen LogP contribution is -1.99. The Morgan fingerprint density at radius 2 is 2.14 bits per heavy atom. The monoisotopic (exact) mass is 208 g/mol. The average Bonchev–Trinajstić information content (AvgIpc) is 2.71. The summed E-state index contributed by atoms with van der Waals surface area (Å²) in [5.74, 6) is 1.33. The number of nitrogens with zero attached hydrogens (tertiary/aromatic N) is 4. The van der Waals surface area contributed by atoms with Gasteiger partial charge in [0.25, 0.3) is 5.78 Å². The first kappa shape index (κ1) is 8.17. The Kier molecular flexibility index (Phi) is 1.56. The molecular weight excluding hydrogens is 200 g/mol. The van der Waals surface area contributed by atoms with Crippen LogP contribution in [0.5, 0.6) is 0 Å². The molecule has 2 aromatic heterocycles. The van der Waals surface area contributed by atoms with Gasteiger partial charge in [0.15, 0.2) is 0 Å². The highest BCUT2D eigenvalue weighted by molar-refractivity contribution is 6.30. The Hall–Kier alpha value is -1.16. The third-order valence-corrected chi connectivity index (χ3v) is 2.94. The summed E-state index contributed by atoms with van der Waals surface area (Å²) in [4.78, 5) is 8.65. The third kappa shape index (κ3) is 0.973. The maximum Gasteiger partial charge on any atom is 0.254 e. The van der Waals surface area contributed by atoms with Crippen molar-refractivity contribution in [2.45, 2.75) is 26.2 Å². The van der Waals surface area contributed by atoms with Crippen LogP contribution in [0.4, 0.5) is 0 Å². The molecule has 0 atom stereocenters. The second-order valence-electron chi connectivity index (χ2n) is 3.55. The first-order valence-corrected chi connectivity index (χ1v) is 5.04. The molecule has 1 aliphatic rings. The summed E-state index contributed by atoms with van der Waals surface area (Å²) in [6.45, 7) is 1.84. The first-order chi connectivity index (χ1) is 6.75. The van der Waals surface area contributed by atoms with Crippen molar-refractivity contribution in [2.24, 2.45) is 0 Å². The maximum atomic E-state index is 6.22. The van der Waals surface area contributed by atoms with Crippen LogP contribution in [0.25, 0.3) is 5.78 Å². The van der Waals surface area contributed by atoms with Gasteiger partial charge in [-0.25, -0.2) is 4.98 Å². The molecule has 0 fully saturated rings. The average molecular weight is 209 g/mol. The highest BCUT2D eigenvalue weighted by Gasteiger charge is 2.19. The minimum atomic E-state index is 0.619. The van der Waals surface area contributed by atoms with Gasteiger partial charge in [-0.2, -0.15) is 9.50 Å². The highest BCUT2D eigenvalue weighted by atomic mass is 35.5. The molecule has 14 heavy (non-hydrogen) atoms. The van der Waals surface area contributed by atoms with Crippen LogP contribution < -0.4 is 0 Å². The number of hydrogen-bond donors (Lipinski definition) is 0. The van der Waals surface area contributed by atoms with Gasteiger partial charge in [0.2, 0.25) is 0 Å². The van der Waals surface area contributed by atoms with Crippen LogP contribution in [-0.2, 0) is 12.8 Å². The molecule has 4 nitrogen and oxygen atoms in total. The van der Waals surface area contributed by atoms with Gasteiger partial charge in [-0.05, 0) is 26.2 Å². The second-order valence-corrected chi connectivity index (χ2v) is 3.91. The molecule has 5 heteroatoms. The number of fused-ring (bicyclic) bond motifs is 2. The molecule has 2 heterocycles. The molecule has 0 bridgehead atoms. The summed E-state index contributed by atoms with van der Waals surface area (Å²) < 4.78 is 1.63. The Bertz CT molecular complexity index is 517. The zero-order valence-electron chi connectivity index (χ0n) is 7.79. The van der Waals surface area contributed by atoms with E-state index in [2.05, 4.69) is 15.1 Å². The Morgan fingerprint density at radius 1 is 1.29 bits per heavy atom. The minimum Gasteiger partial charge on any atom is -0.216 e. The molecule has 0 spiro atoms. The van der Waals surface area contributed by atoms with E-state index in [9.17, 15) is 0 Å². The molecular formula is C9H9ClN4. The van der Waals surface area contributed by atoms with Crippen LogP contribution >= 0.6 is 11.6 Å². The normalized spacial score (nSPS) is 15.0. The fraction of sp³-hybridized carbons (Fsp3) is 0.444. The number of hydrogen-bond acceptors (Lipinski definition) is 3. The van der Waals surface area contributed by atoms with E-state index in [1.807, 2.05) is 6.92 Å². The van der Waals surface area contributed by atoms with Gasteiger partial charge in [0.1, 0.15) is 11.0 Å². The molecule has 72 valence electrons. The Morgan fingerprint density at radius 3 is 3.00 bits per heavy atom. The van der Waals surface area contributed by atoms with Crippen LogP contribution in [0.15, 0.2) is 0 Å². The molecule has 0 saturated heterocycles. The predicted octanol–water partition coefficient (Wildman–Crippen LogP) is 1.57. The van der Waals surface area contributed by atoms with Crippen LogP contribution in [0.3, 0.4) is 0 Å². The van der Waals surface area contributed by atoms with Gasteiger partial charge >= 0.3 is 0 Å². The number of aryl methyl sites for hydroxylation is 2. The summed E-state index contributed by atoms with van der Waals surface area (Å²) in [7, 11) is 0. The second kappa shape index (κ2) is 2.67. The van der Waals surface area contributed by atoms with E-state index in [1.54, 1.807) is 4.52 Å². The molecule has 1 aliphatic carbocycles. The Labute approximate surface area is 85.9 Å². The Balaban J connectivity index is 2.42. The largest absolute Gasteiger partial charge is 0.254 e. The fourth-order valence-electron chi connectivity index (χ4n) is 1.93. The van der Waals surface area contributed by atoms with Crippen molar-refractivity contribution in [2.75, 3.05) is 0 Å². The third-order valence-electron chi connectivity index (χ3n) is 2.55. The van der Waals surface area contributed by atoms with Gasteiger partial charge < -0.3 is 0 Å². The molecule has 0 amide bonds. The minimum absolute atomic E-state index is 0.619. The maximum absolute atomic E-state index is 6.22. The summed E-state index contributed by atoms with van der Waals surface area (Å²) in [6.07, 6.45) is 3.15. The molecule has 2 aromatic rings. The smallest absolute Gasteiger partial charge is 0.216 e. The van der Waals surface area contributed by atoms with Crippen molar-refractivity contribution in [1.29, 1.82) is 0 Å². The number of rotatable bonds is 0. The zero-order chi connectivity index (χ0) is 9.71. The van der Waals surface area contributed by atoms with Crippen molar-refractivity contribution in [3.8, 4) is 0 Å². The molecule has 3 rings (SSSR count).